The largest absolute Gasteiger partial charge is 0.481 e. The van der Waals surface area contributed by atoms with E-state index in [0.717, 1.165) is 11.1 Å². The van der Waals surface area contributed by atoms with Crippen LogP contribution in [-0.2, 0) is 31.0 Å². The first kappa shape index (κ1) is 21.2. The number of pyridine rings is 1. The fourth-order valence-corrected chi connectivity index (χ4v) is 3.62. The molecule has 4 rings (SSSR count). The summed E-state index contributed by atoms with van der Waals surface area (Å²) in [5.41, 5.74) is 2.14. The van der Waals surface area contributed by atoms with Gasteiger partial charge in [-0.2, -0.15) is 0 Å². The van der Waals surface area contributed by atoms with Crippen LogP contribution >= 0.6 is 0 Å². The van der Waals surface area contributed by atoms with Crippen molar-refractivity contribution in [1.29, 1.82) is 0 Å². The minimum Gasteiger partial charge on any atom is -0.481 e. The lowest BCUT2D eigenvalue weighted by Crippen LogP contribution is -2.47. The number of rotatable bonds is 6. The van der Waals surface area contributed by atoms with Crippen LogP contribution in [0.25, 0.3) is 0 Å². The zero-order valence-electron chi connectivity index (χ0n) is 17.9. The minimum absolute atomic E-state index is 0.00950. The molecule has 9 nitrogen and oxygen atoms in total. The van der Waals surface area contributed by atoms with E-state index in [1.54, 1.807) is 25.3 Å². The summed E-state index contributed by atoms with van der Waals surface area (Å²) in [5, 5.41) is 2.81. The summed E-state index contributed by atoms with van der Waals surface area (Å²) in [6.07, 6.45) is 1.60. The second-order valence-electron chi connectivity index (χ2n) is 7.47. The summed E-state index contributed by atoms with van der Waals surface area (Å²) in [5.74, 6) is 0.0934. The van der Waals surface area contributed by atoms with Gasteiger partial charge in [-0.25, -0.2) is 9.78 Å². The molecule has 1 amide bonds. The quantitative estimate of drug-likeness (QED) is 0.625. The van der Waals surface area contributed by atoms with Gasteiger partial charge in [-0.1, -0.05) is 30.3 Å². The fraction of sp³-hybridized carbons (Fsp3) is 0.261. The van der Waals surface area contributed by atoms with Crippen molar-refractivity contribution in [3.8, 4) is 5.88 Å². The molecule has 2 aromatic heterocycles. The molecule has 0 aliphatic carbocycles. The summed E-state index contributed by atoms with van der Waals surface area (Å²) in [6, 6.07) is 12.8. The number of hydrogen-bond donors (Lipinski definition) is 1. The molecule has 0 atom stereocenters. The third-order valence-electron chi connectivity index (χ3n) is 5.42. The highest BCUT2D eigenvalue weighted by atomic mass is 16.5. The van der Waals surface area contributed by atoms with Gasteiger partial charge >= 0.3 is 5.69 Å². The molecule has 164 valence electrons. The molecule has 0 saturated carbocycles. The number of nitrogens with zero attached hydrogens (tertiary/aromatic N) is 4. The third-order valence-corrected chi connectivity index (χ3v) is 5.42. The summed E-state index contributed by atoms with van der Waals surface area (Å²) in [4.78, 5) is 47.0. The van der Waals surface area contributed by atoms with Gasteiger partial charge in [0.25, 0.3) is 11.5 Å². The number of carbonyl (C=O) groups excluding carboxylic acids is 1. The van der Waals surface area contributed by atoms with E-state index in [9.17, 15) is 14.4 Å². The van der Waals surface area contributed by atoms with Crippen molar-refractivity contribution < 1.29 is 9.53 Å². The van der Waals surface area contributed by atoms with Crippen molar-refractivity contribution in [3.05, 3.63) is 91.9 Å². The molecule has 0 saturated heterocycles. The van der Waals surface area contributed by atoms with Crippen molar-refractivity contribution >= 4 is 11.6 Å². The Morgan fingerprint density at radius 3 is 2.69 bits per heavy atom. The molecule has 0 fully saturated rings. The SMILES string of the molecule is COc1cc(CNC(=O)C2=NCc3c(C)c(=O)n(Cc4ccccc4)c(=O)n3C2)ccn1. The first-order chi connectivity index (χ1) is 15.5. The maximum Gasteiger partial charge on any atom is 0.331 e. The van der Waals surface area contributed by atoms with Crippen LogP contribution in [0.1, 0.15) is 22.4 Å². The topological polar surface area (TPSA) is 108 Å². The number of fused-ring (bicyclic) bond motifs is 1. The molecule has 3 aromatic rings. The Morgan fingerprint density at radius 2 is 1.94 bits per heavy atom. The van der Waals surface area contributed by atoms with E-state index < -0.39 is 5.69 Å². The molecule has 0 radical (unpaired) electrons. The fourth-order valence-electron chi connectivity index (χ4n) is 3.62. The summed E-state index contributed by atoms with van der Waals surface area (Å²) in [7, 11) is 1.52. The predicted molar refractivity (Wildman–Crippen MR) is 119 cm³/mol. The number of ether oxygens (including phenoxy) is 1. The van der Waals surface area contributed by atoms with Gasteiger partial charge in [-0.05, 0) is 24.1 Å². The monoisotopic (exact) mass is 433 g/mol. The average Bonchev–Trinajstić information content (AvgIpc) is 2.84. The average molecular weight is 433 g/mol. The molecule has 0 bridgehead atoms. The molecule has 1 aliphatic heterocycles. The molecule has 0 spiro atoms. The van der Waals surface area contributed by atoms with Crippen LogP contribution in [0.5, 0.6) is 5.88 Å². The van der Waals surface area contributed by atoms with Crippen molar-refractivity contribution in [2.45, 2.75) is 33.1 Å². The van der Waals surface area contributed by atoms with Crippen LogP contribution in [0.3, 0.4) is 0 Å². The van der Waals surface area contributed by atoms with Crippen molar-refractivity contribution in [2.75, 3.05) is 7.11 Å². The zero-order valence-corrected chi connectivity index (χ0v) is 17.9. The Balaban J connectivity index is 1.55. The molecule has 32 heavy (non-hydrogen) atoms. The van der Waals surface area contributed by atoms with Crippen molar-refractivity contribution in [2.24, 2.45) is 4.99 Å². The lowest BCUT2D eigenvalue weighted by atomic mass is 10.1. The summed E-state index contributed by atoms with van der Waals surface area (Å²) >= 11 is 0. The number of carbonyl (C=O) groups is 1. The van der Waals surface area contributed by atoms with Gasteiger partial charge in [0.2, 0.25) is 5.88 Å². The second kappa shape index (κ2) is 9.01. The lowest BCUT2D eigenvalue weighted by molar-refractivity contribution is -0.115. The molecule has 1 aliphatic rings. The van der Waals surface area contributed by atoms with Gasteiger partial charge in [0.15, 0.2) is 0 Å². The maximum absolute atomic E-state index is 13.1. The van der Waals surface area contributed by atoms with Gasteiger partial charge < -0.3 is 10.1 Å². The van der Waals surface area contributed by atoms with E-state index in [1.807, 2.05) is 30.3 Å². The number of benzene rings is 1. The Labute approximate surface area is 184 Å². The standard InChI is InChI=1S/C23H23N5O4/c1-15-19-12-25-18(21(29)26-11-17-8-9-24-20(10-17)32-2)14-27(19)23(31)28(22(15)30)13-16-6-4-3-5-7-16/h3-10H,11-14H2,1-2H3,(H,26,29). The van der Waals surface area contributed by atoms with E-state index in [-0.39, 0.29) is 43.4 Å². The van der Waals surface area contributed by atoms with Gasteiger partial charge in [-0.3, -0.25) is 23.7 Å². The minimum atomic E-state index is -0.446. The van der Waals surface area contributed by atoms with Gasteiger partial charge in [0.1, 0.15) is 5.71 Å². The first-order valence-electron chi connectivity index (χ1n) is 10.2. The number of methoxy groups -OCH3 is 1. The predicted octanol–water partition coefficient (Wildman–Crippen LogP) is 1.04. The Morgan fingerprint density at radius 1 is 1.16 bits per heavy atom. The summed E-state index contributed by atoms with van der Waals surface area (Å²) < 4.78 is 7.77. The molecule has 1 aromatic carbocycles. The second-order valence-corrected chi connectivity index (χ2v) is 7.47. The van der Waals surface area contributed by atoms with E-state index in [1.165, 1.54) is 16.2 Å². The Hall–Kier alpha value is -4.01. The maximum atomic E-state index is 13.1. The lowest BCUT2D eigenvalue weighted by Gasteiger charge is -2.21. The number of aliphatic imine (C=N–C) groups is 1. The molecule has 1 N–H and O–H groups in total. The van der Waals surface area contributed by atoms with Crippen LogP contribution in [0.15, 0.2) is 63.2 Å². The van der Waals surface area contributed by atoms with Crippen LogP contribution in [0.4, 0.5) is 0 Å². The van der Waals surface area contributed by atoms with E-state index in [4.69, 9.17) is 4.74 Å². The Bertz CT molecular complexity index is 1310. The number of amides is 1. The van der Waals surface area contributed by atoms with Crippen LogP contribution in [0, 0.1) is 6.92 Å². The highest BCUT2D eigenvalue weighted by Gasteiger charge is 2.23. The van der Waals surface area contributed by atoms with Gasteiger partial charge in [0, 0.05) is 24.4 Å². The van der Waals surface area contributed by atoms with Crippen molar-refractivity contribution in [1.82, 2.24) is 19.4 Å². The van der Waals surface area contributed by atoms with Gasteiger partial charge in [-0.15, -0.1) is 0 Å². The molecular weight excluding hydrogens is 410 g/mol. The molecule has 9 heteroatoms. The first-order valence-corrected chi connectivity index (χ1v) is 10.2. The number of hydrogen-bond acceptors (Lipinski definition) is 6. The number of nitrogens with one attached hydrogen (secondary N) is 1. The van der Waals surface area contributed by atoms with Crippen LogP contribution in [0.2, 0.25) is 0 Å². The van der Waals surface area contributed by atoms with Crippen LogP contribution in [-0.4, -0.2) is 32.8 Å². The Kier molecular flexibility index (Phi) is 5.98. The normalized spacial score (nSPS) is 12.6. The zero-order chi connectivity index (χ0) is 22.7. The van der Waals surface area contributed by atoms with E-state index in [2.05, 4.69) is 15.3 Å². The summed E-state index contributed by atoms with van der Waals surface area (Å²) in [6.45, 7) is 2.24. The molecular formula is C23H23N5O4. The van der Waals surface area contributed by atoms with E-state index >= 15 is 0 Å². The molecule has 0 unspecified atom stereocenters. The van der Waals surface area contributed by atoms with Crippen LogP contribution < -0.4 is 21.3 Å². The van der Waals surface area contributed by atoms with Crippen molar-refractivity contribution in [3.63, 3.8) is 0 Å². The molecule has 3 heterocycles. The highest BCUT2D eigenvalue weighted by molar-refractivity contribution is 6.38. The van der Waals surface area contributed by atoms with E-state index in [0.29, 0.717) is 17.1 Å². The third kappa shape index (κ3) is 4.22. The smallest absolute Gasteiger partial charge is 0.331 e. The number of aromatic nitrogens is 3. The highest BCUT2D eigenvalue weighted by Crippen LogP contribution is 2.11. The van der Waals surface area contributed by atoms with Gasteiger partial charge in [0.05, 0.1) is 32.4 Å².